The fourth-order valence-electron chi connectivity index (χ4n) is 2.38. The summed E-state index contributed by atoms with van der Waals surface area (Å²) in [4.78, 5) is 9.97. The van der Waals surface area contributed by atoms with Gasteiger partial charge in [0.2, 0.25) is 5.95 Å². The molecular weight excluding hydrogens is 328 g/mol. The Bertz CT molecular complexity index is 976. The van der Waals surface area contributed by atoms with E-state index in [1.54, 1.807) is 22.6 Å². The minimum atomic E-state index is 0.679. The monoisotopic (exact) mass is 340 g/mol. The Morgan fingerprint density at radius 3 is 2.87 bits per heavy atom. The molecule has 0 aliphatic carbocycles. The first kappa shape index (κ1) is 14.4. The molecule has 23 heavy (non-hydrogen) atoms. The summed E-state index contributed by atoms with van der Waals surface area (Å²) in [5.74, 6) is 0.679. The third-order valence-electron chi connectivity index (χ3n) is 3.46. The van der Waals surface area contributed by atoms with E-state index in [2.05, 4.69) is 46.3 Å². The molecular formula is C17H13ClN4S. The average molecular weight is 341 g/mol. The number of H-pyrrole nitrogens is 1. The summed E-state index contributed by atoms with van der Waals surface area (Å²) in [5, 5.41) is 4.90. The lowest BCUT2D eigenvalue weighted by Gasteiger charge is -2.05. The summed E-state index contributed by atoms with van der Waals surface area (Å²) < 4.78 is 1.70. The molecule has 0 saturated heterocycles. The molecule has 114 valence electrons. The Morgan fingerprint density at radius 1 is 1.17 bits per heavy atom. The summed E-state index contributed by atoms with van der Waals surface area (Å²) in [6.45, 7) is 2.08. The maximum atomic E-state index is 6.44. The van der Waals surface area contributed by atoms with Crippen LogP contribution in [0.3, 0.4) is 0 Å². The lowest BCUT2D eigenvalue weighted by Crippen LogP contribution is -1.95. The highest BCUT2D eigenvalue weighted by molar-refractivity contribution is 7.99. The number of aromatic amines is 1. The number of aromatic nitrogens is 4. The average Bonchev–Trinajstić information content (AvgIpc) is 3.16. The number of halogens is 1. The Hall–Kier alpha value is -2.24. The van der Waals surface area contributed by atoms with Crippen LogP contribution in [0.4, 0.5) is 0 Å². The molecule has 1 N–H and O–H groups in total. The number of nitrogens with one attached hydrogen (secondary N) is 1. The van der Waals surface area contributed by atoms with E-state index in [1.807, 2.05) is 24.4 Å². The van der Waals surface area contributed by atoms with Crippen LogP contribution >= 0.6 is 23.4 Å². The second kappa shape index (κ2) is 5.76. The van der Waals surface area contributed by atoms with Crippen LogP contribution in [0.5, 0.6) is 0 Å². The third kappa shape index (κ3) is 2.85. The van der Waals surface area contributed by atoms with E-state index >= 15 is 0 Å². The van der Waals surface area contributed by atoms with E-state index < -0.39 is 0 Å². The highest BCUT2D eigenvalue weighted by atomic mass is 35.5. The van der Waals surface area contributed by atoms with E-state index in [0.29, 0.717) is 11.0 Å². The van der Waals surface area contributed by atoms with Gasteiger partial charge in [-0.3, -0.25) is 0 Å². The Labute approximate surface area is 142 Å². The number of fused-ring (bicyclic) bond motifs is 1. The molecule has 0 amide bonds. The number of rotatable bonds is 3. The number of hydrogen-bond acceptors (Lipinski definition) is 3. The molecule has 6 heteroatoms. The van der Waals surface area contributed by atoms with Crippen LogP contribution in [-0.2, 0) is 0 Å². The largest absolute Gasteiger partial charge is 0.322 e. The van der Waals surface area contributed by atoms with Gasteiger partial charge in [0.05, 0.1) is 16.1 Å². The van der Waals surface area contributed by atoms with Crippen molar-refractivity contribution in [3.8, 4) is 5.95 Å². The Balaban J connectivity index is 1.74. The summed E-state index contributed by atoms with van der Waals surface area (Å²) in [6, 6.07) is 14.1. The van der Waals surface area contributed by atoms with Gasteiger partial charge in [0.25, 0.3) is 0 Å². The van der Waals surface area contributed by atoms with Gasteiger partial charge in [-0.25, -0.2) is 9.67 Å². The molecule has 0 unspecified atom stereocenters. The minimum absolute atomic E-state index is 0.679. The van der Waals surface area contributed by atoms with Crippen LogP contribution < -0.4 is 0 Å². The highest BCUT2D eigenvalue weighted by Gasteiger charge is 2.10. The fraction of sp³-hybridized carbons (Fsp3) is 0.0588. The van der Waals surface area contributed by atoms with Crippen LogP contribution in [-0.4, -0.2) is 19.7 Å². The fourth-order valence-corrected chi connectivity index (χ4v) is 3.64. The normalized spacial score (nSPS) is 11.2. The quantitative estimate of drug-likeness (QED) is 0.579. The molecule has 2 aromatic carbocycles. The molecule has 2 heterocycles. The van der Waals surface area contributed by atoms with Gasteiger partial charge in [-0.15, -0.1) is 0 Å². The Morgan fingerprint density at radius 2 is 2.09 bits per heavy atom. The lowest BCUT2D eigenvalue weighted by molar-refractivity contribution is 0.829. The summed E-state index contributed by atoms with van der Waals surface area (Å²) in [6.07, 6.45) is 3.57. The van der Waals surface area contributed by atoms with Crippen molar-refractivity contribution in [3.63, 3.8) is 0 Å². The predicted octanol–water partition coefficient (Wildman–Crippen LogP) is 4.86. The number of aryl methyl sites for hydroxylation is 1. The van der Waals surface area contributed by atoms with Crippen LogP contribution in [0.25, 0.3) is 17.0 Å². The van der Waals surface area contributed by atoms with Gasteiger partial charge in [0.15, 0.2) is 0 Å². The molecule has 0 bridgehead atoms. The molecule has 4 rings (SSSR count). The number of hydrogen-bond donors (Lipinski definition) is 1. The van der Waals surface area contributed by atoms with E-state index in [-0.39, 0.29) is 0 Å². The van der Waals surface area contributed by atoms with Crippen molar-refractivity contribution in [2.75, 3.05) is 0 Å². The maximum absolute atomic E-state index is 6.44. The van der Waals surface area contributed by atoms with Crippen LogP contribution in [0, 0.1) is 6.92 Å². The van der Waals surface area contributed by atoms with Gasteiger partial charge in [0.1, 0.15) is 0 Å². The van der Waals surface area contributed by atoms with Gasteiger partial charge in [-0.05, 0) is 37.3 Å². The van der Waals surface area contributed by atoms with E-state index in [9.17, 15) is 0 Å². The molecule has 0 atom stereocenters. The van der Waals surface area contributed by atoms with Gasteiger partial charge >= 0.3 is 0 Å². The van der Waals surface area contributed by atoms with Crippen molar-refractivity contribution in [1.82, 2.24) is 19.7 Å². The van der Waals surface area contributed by atoms with Gasteiger partial charge in [0, 0.05) is 22.2 Å². The van der Waals surface area contributed by atoms with Crippen LogP contribution in [0.1, 0.15) is 5.56 Å². The molecule has 4 nitrogen and oxygen atoms in total. The third-order valence-corrected chi connectivity index (χ3v) is 4.93. The molecule has 4 aromatic rings. The van der Waals surface area contributed by atoms with Gasteiger partial charge < -0.3 is 4.98 Å². The molecule has 0 spiro atoms. The number of nitrogens with zero attached hydrogens (tertiary/aromatic N) is 3. The molecule has 0 radical (unpaired) electrons. The standard InChI is InChI=1S/C17H13ClN4S/c1-11-4-2-5-12(8-11)23-16-10-15-14(9-13(16)18)20-17(21-15)22-7-3-6-19-22/h2-10H,1H3,(H,20,21). The summed E-state index contributed by atoms with van der Waals surface area (Å²) in [7, 11) is 0. The zero-order valence-electron chi connectivity index (χ0n) is 12.3. The topological polar surface area (TPSA) is 46.5 Å². The van der Waals surface area contributed by atoms with E-state index in [0.717, 1.165) is 20.8 Å². The first-order valence-corrected chi connectivity index (χ1v) is 8.32. The smallest absolute Gasteiger partial charge is 0.229 e. The van der Waals surface area contributed by atoms with E-state index in [4.69, 9.17) is 11.6 Å². The lowest BCUT2D eigenvalue weighted by atomic mass is 10.2. The van der Waals surface area contributed by atoms with Crippen molar-refractivity contribution in [1.29, 1.82) is 0 Å². The number of imidazole rings is 1. The highest BCUT2D eigenvalue weighted by Crippen LogP contribution is 2.36. The molecule has 0 fully saturated rings. The SMILES string of the molecule is Cc1cccc(Sc2cc3nc(-n4cccn4)[nH]c3cc2Cl)c1. The van der Waals surface area contributed by atoms with Crippen molar-refractivity contribution in [3.05, 3.63) is 65.4 Å². The summed E-state index contributed by atoms with van der Waals surface area (Å²) in [5.41, 5.74) is 3.00. The van der Waals surface area contributed by atoms with Crippen molar-refractivity contribution < 1.29 is 0 Å². The zero-order valence-corrected chi connectivity index (χ0v) is 13.9. The van der Waals surface area contributed by atoms with Gasteiger partial charge in [-0.1, -0.05) is 41.1 Å². The van der Waals surface area contributed by atoms with Crippen LogP contribution in [0.15, 0.2) is 64.6 Å². The van der Waals surface area contributed by atoms with Crippen molar-refractivity contribution >= 4 is 34.4 Å². The first-order chi connectivity index (χ1) is 11.2. The maximum Gasteiger partial charge on any atom is 0.229 e. The minimum Gasteiger partial charge on any atom is -0.322 e. The van der Waals surface area contributed by atoms with Gasteiger partial charge in [-0.2, -0.15) is 5.10 Å². The molecule has 0 aliphatic heterocycles. The second-order valence-corrected chi connectivity index (χ2v) is 6.75. The first-order valence-electron chi connectivity index (χ1n) is 7.13. The molecule has 0 aliphatic rings. The second-order valence-electron chi connectivity index (χ2n) is 5.23. The Kier molecular flexibility index (Phi) is 3.59. The van der Waals surface area contributed by atoms with Crippen LogP contribution in [0.2, 0.25) is 5.02 Å². The van der Waals surface area contributed by atoms with Crippen molar-refractivity contribution in [2.24, 2.45) is 0 Å². The summed E-state index contributed by atoms with van der Waals surface area (Å²) >= 11 is 8.08. The zero-order chi connectivity index (χ0) is 15.8. The molecule has 0 saturated carbocycles. The number of benzene rings is 2. The predicted molar refractivity (Wildman–Crippen MR) is 93.5 cm³/mol. The molecule has 2 aromatic heterocycles. The van der Waals surface area contributed by atoms with E-state index in [1.165, 1.54) is 5.56 Å². The van der Waals surface area contributed by atoms with Crippen molar-refractivity contribution in [2.45, 2.75) is 16.7 Å².